The second-order valence-corrected chi connectivity index (χ2v) is 3.97. The maximum Gasteiger partial charge on any atom is 0.312 e. The van der Waals surface area contributed by atoms with Crippen molar-refractivity contribution in [1.82, 2.24) is 0 Å². The van der Waals surface area contributed by atoms with Crippen LogP contribution in [0.4, 0.5) is 11.4 Å². The lowest BCUT2D eigenvalue weighted by Gasteiger charge is -2.22. The number of hydrogen-bond acceptors (Lipinski definition) is 2. The van der Waals surface area contributed by atoms with Crippen molar-refractivity contribution in [3.63, 3.8) is 0 Å². The zero-order chi connectivity index (χ0) is 13.7. The minimum Gasteiger partial charge on any atom is -0.481 e. The summed E-state index contributed by atoms with van der Waals surface area (Å²) in [7, 11) is 0. The van der Waals surface area contributed by atoms with E-state index in [2.05, 4.69) is 0 Å². The molecule has 0 heterocycles. The predicted octanol–water partition coefficient (Wildman–Crippen LogP) is 2.83. The van der Waals surface area contributed by atoms with Gasteiger partial charge in [0.05, 0.1) is 0 Å². The van der Waals surface area contributed by atoms with Crippen molar-refractivity contribution in [3.05, 3.63) is 60.7 Å². The molecule has 1 amide bonds. The molecule has 2 aromatic carbocycles. The van der Waals surface area contributed by atoms with E-state index in [-0.39, 0.29) is 0 Å². The number of carboxylic acid groups (broad SMARTS) is 1. The standard InChI is InChI=1S/C15H13NO3/c17-14(11-15(18)19)16(12-7-3-1-4-8-12)13-9-5-2-6-10-13/h1-10H,11H2,(H,18,19). The van der Waals surface area contributed by atoms with Crippen LogP contribution in [0.3, 0.4) is 0 Å². The molecule has 0 fully saturated rings. The third-order valence-corrected chi connectivity index (χ3v) is 2.58. The highest BCUT2D eigenvalue weighted by molar-refractivity contribution is 6.07. The van der Waals surface area contributed by atoms with Gasteiger partial charge >= 0.3 is 5.97 Å². The molecule has 0 saturated heterocycles. The minimum atomic E-state index is -1.14. The summed E-state index contributed by atoms with van der Waals surface area (Å²) in [6, 6.07) is 18.0. The van der Waals surface area contributed by atoms with Crippen LogP contribution in [0.5, 0.6) is 0 Å². The van der Waals surface area contributed by atoms with Crippen LogP contribution in [0, 0.1) is 0 Å². The molecule has 2 rings (SSSR count). The average Bonchev–Trinajstić information content (AvgIpc) is 2.40. The molecule has 0 radical (unpaired) electrons. The van der Waals surface area contributed by atoms with Crippen molar-refractivity contribution < 1.29 is 14.7 Å². The van der Waals surface area contributed by atoms with E-state index in [1.165, 1.54) is 4.90 Å². The van der Waals surface area contributed by atoms with Crippen molar-refractivity contribution >= 4 is 23.3 Å². The Labute approximate surface area is 110 Å². The summed E-state index contributed by atoms with van der Waals surface area (Å²) in [6.45, 7) is 0. The number of hydrogen-bond donors (Lipinski definition) is 1. The molecule has 0 aliphatic carbocycles. The van der Waals surface area contributed by atoms with Crippen LogP contribution in [0.1, 0.15) is 6.42 Å². The highest BCUT2D eigenvalue weighted by Crippen LogP contribution is 2.25. The number of carboxylic acids is 1. The highest BCUT2D eigenvalue weighted by Gasteiger charge is 2.19. The molecule has 0 aliphatic rings. The van der Waals surface area contributed by atoms with Gasteiger partial charge in [-0.15, -0.1) is 0 Å². The molecule has 0 bridgehead atoms. The predicted molar refractivity (Wildman–Crippen MR) is 72.3 cm³/mol. The Kier molecular flexibility index (Phi) is 3.93. The van der Waals surface area contributed by atoms with Crippen molar-refractivity contribution in [2.24, 2.45) is 0 Å². The van der Waals surface area contributed by atoms with E-state index in [9.17, 15) is 9.59 Å². The van der Waals surface area contributed by atoms with Gasteiger partial charge in [0, 0.05) is 11.4 Å². The number of benzene rings is 2. The summed E-state index contributed by atoms with van der Waals surface area (Å²) >= 11 is 0. The zero-order valence-corrected chi connectivity index (χ0v) is 10.2. The lowest BCUT2D eigenvalue weighted by molar-refractivity contribution is -0.139. The number of para-hydroxylation sites is 2. The van der Waals surface area contributed by atoms with E-state index in [0.717, 1.165) is 0 Å². The molecule has 0 aliphatic heterocycles. The lowest BCUT2D eigenvalue weighted by atomic mass is 10.2. The summed E-state index contributed by atoms with van der Waals surface area (Å²) in [4.78, 5) is 24.2. The lowest BCUT2D eigenvalue weighted by Crippen LogP contribution is -2.27. The van der Waals surface area contributed by atoms with Gasteiger partial charge in [0.25, 0.3) is 0 Å². The van der Waals surface area contributed by atoms with Gasteiger partial charge in [-0.1, -0.05) is 36.4 Å². The molecule has 2 aromatic rings. The van der Waals surface area contributed by atoms with Crippen LogP contribution in [-0.4, -0.2) is 17.0 Å². The second kappa shape index (κ2) is 5.82. The average molecular weight is 255 g/mol. The molecular formula is C15H13NO3. The van der Waals surface area contributed by atoms with Crippen molar-refractivity contribution in [3.8, 4) is 0 Å². The maximum absolute atomic E-state index is 12.1. The molecule has 96 valence electrons. The van der Waals surface area contributed by atoms with E-state index >= 15 is 0 Å². The summed E-state index contributed by atoms with van der Waals surface area (Å²) in [6.07, 6.45) is -0.538. The summed E-state index contributed by atoms with van der Waals surface area (Å²) in [5.74, 6) is -1.60. The first-order chi connectivity index (χ1) is 9.18. The SMILES string of the molecule is O=C(O)CC(=O)N(c1ccccc1)c1ccccc1. The number of carbonyl (C=O) groups excluding carboxylic acids is 1. The number of amides is 1. The van der Waals surface area contributed by atoms with E-state index in [4.69, 9.17) is 5.11 Å². The Balaban J connectivity index is 2.40. The quantitative estimate of drug-likeness (QED) is 0.855. The fraction of sp³-hybridized carbons (Fsp3) is 0.0667. The highest BCUT2D eigenvalue weighted by atomic mass is 16.4. The van der Waals surface area contributed by atoms with Gasteiger partial charge in [-0.25, -0.2) is 0 Å². The molecular weight excluding hydrogens is 242 g/mol. The Hall–Kier alpha value is -2.62. The van der Waals surface area contributed by atoms with Gasteiger partial charge in [0.15, 0.2) is 0 Å². The Morgan fingerprint density at radius 3 is 1.63 bits per heavy atom. The number of carbonyl (C=O) groups is 2. The van der Waals surface area contributed by atoms with Gasteiger partial charge in [0.1, 0.15) is 6.42 Å². The second-order valence-electron chi connectivity index (χ2n) is 3.97. The minimum absolute atomic E-state index is 0.468. The maximum atomic E-state index is 12.1. The molecule has 0 spiro atoms. The van der Waals surface area contributed by atoms with Gasteiger partial charge in [-0.05, 0) is 24.3 Å². The summed E-state index contributed by atoms with van der Waals surface area (Å²) < 4.78 is 0. The van der Waals surface area contributed by atoms with E-state index < -0.39 is 18.3 Å². The van der Waals surface area contributed by atoms with Gasteiger partial charge in [0.2, 0.25) is 5.91 Å². The van der Waals surface area contributed by atoms with E-state index in [0.29, 0.717) is 11.4 Å². The van der Waals surface area contributed by atoms with Crippen molar-refractivity contribution in [1.29, 1.82) is 0 Å². The zero-order valence-electron chi connectivity index (χ0n) is 10.2. The normalized spacial score (nSPS) is 9.89. The van der Waals surface area contributed by atoms with Crippen LogP contribution in [0.2, 0.25) is 0 Å². The Morgan fingerprint density at radius 1 is 0.842 bits per heavy atom. The van der Waals surface area contributed by atoms with Gasteiger partial charge in [-0.2, -0.15) is 0 Å². The van der Waals surface area contributed by atoms with Crippen LogP contribution in [0.25, 0.3) is 0 Å². The molecule has 0 atom stereocenters. The third-order valence-electron chi connectivity index (χ3n) is 2.58. The molecule has 1 N–H and O–H groups in total. The van der Waals surface area contributed by atoms with Crippen molar-refractivity contribution in [2.45, 2.75) is 6.42 Å². The largest absolute Gasteiger partial charge is 0.481 e. The van der Waals surface area contributed by atoms with Gasteiger partial charge < -0.3 is 5.11 Å². The van der Waals surface area contributed by atoms with Crippen LogP contribution in [0.15, 0.2) is 60.7 Å². The number of aliphatic carboxylic acids is 1. The topological polar surface area (TPSA) is 57.6 Å². The van der Waals surface area contributed by atoms with E-state index in [1.54, 1.807) is 48.5 Å². The Bertz CT molecular complexity index is 527. The Morgan fingerprint density at radius 2 is 1.26 bits per heavy atom. The van der Waals surface area contributed by atoms with Crippen molar-refractivity contribution in [2.75, 3.05) is 4.90 Å². The van der Waals surface area contributed by atoms with Crippen LogP contribution < -0.4 is 4.90 Å². The first-order valence-corrected chi connectivity index (χ1v) is 5.83. The summed E-state index contributed by atoms with van der Waals surface area (Å²) in [5, 5.41) is 8.78. The third kappa shape index (κ3) is 3.19. The molecule has 0 saturated carbocycles. The monoisotopic (exact) mass is 255 g/mol. The fourth-order valence-corrected chi connectivity index (χ4v) is 1.80. The van der Waals surface area contributed by atoms with Crippen LogP contribution in [-0.2, 0) is 9.59 Å². The molecule has 4 heteroatoms. The van der Waals surface area contributed by atoms with E-state index in [1.807, 2.05) is 12.1 Å². The number of nitrogens with zero attached hydrogens (tertiary/aromatic N) is 1. The summed E-state index contributed by atoms with van der Waals surface area (Å²) in [5.41, 5.74) is 1.31. The smallest absolute Gasteiger partial charge is 0.312 e. The number of rotatable bonds is 4. The first kappa shape index (κ1) is 12.8. The molecule has 0 aromatic heterocycles. The first-order valence-electron chi connectivity index (χ1n) is 5.83. The molecule has 4 nitrogen and oxygen atoms in total. The molecule has 19 heavy (non-hydrogen) atoms. The fourth-order valence-electron chi connectivity index (χ4n) is 1.80. The van der Waals surface area contributed by atoms with Crippen LogP contribution >= 0.6 is 0 Å². The molecule has 0 unspecified atom stereocenters. The number of anilines is 2. The van der Waals surface area contributed by atoms with Gasteiger partial charge in [-0.3, -0.25) is 14.5 Å².